The number of carbonyl (C=O) groups is 1. The molecule has 2 aromatic carbocycles. The summed E-state index contributed by atoms with van der Waals surface area (Å²) in [7, 11) is 1.68. The molecule has 11 heteroatoms. The molecule has 5 nitrogen and oxygen atoms in total. The fourth-order valence-corrected chi connectivity index (χ4v) is 5.66. The second-order valence-electron chi connectivity index (χ2n) is 8.27. The number of hydrogen-bond donors (Lipinski definition) is 0. The van der Waals surface area contributed by atoms with Crippen LogP contribution >= 0.6 is 69.6 Å². The number of benzene rings is 2. The number of ketones is 1. The molecule has 36 heavy (non-hydrogen) atoms. The van der Waals surface area contributed by atoms with E-state index in [1.807, 2.05) is 0 Å². The summed E-state index contributed by atoms with van der Waals surface area (Å²) < 4.78 is 7.80. The van der Waals surface area contributed by atoms with Crippen molar-refractivity contribution in [2.24, 2.45) is 12.5 Å². The summed E-state index contributed by atoms with van der Waals surface area (Å²) in [5.41, 5.74) is -0.0743. The average Bonchev–Trinajstić information content (AvgIpc) is 3.25. The lowest BCUT2D eigenvalue weighted by atomic mass is 9.72. The maximum atomic E-state index is 13.8. The highest BCUT2D eigenvalue weighted by Crippen LogP contribution is 2.46. The van der Waals surface area contributed by atoms with E-state index in [9.17, 15) is 4.79 Å². The number of halogens is 6. The van der Waals surface area contributed by atoms with Gasteiger partial charge in [0.25, 0.3) is 0 Å². The van der Waals surface area contributed by atoms with E-state index < -0.39 is 16.9 Å². The number of aromatic nitrogens is 3. The normalized spacial score (nSPS) is 20.3. The molecule has 0 bridgehead atoms. The molecule has 0 amide bonds. The van der Waals surface area contributed by atoms with Crippen molar-refractivity contribution in [1.29, 1.82) is 0 Å². The molecule has 1 aromatic heterocycles. The van der Waals surface area contributed by atoms with Crippen molar-refractivity contribution in [2.75, 3.05) is 0 Å². The highest BCUT2D eigenvalue weighted by Gasteiger charge is 2.47. The van der Waals surface area contributed by atoms with Crippen LogP contribution in [0.3, 0.4) is 0 Å². The van der Waals surface area contributed by atoms with Crippen molar-refractivity contribution in [3.8, 4) is 0 Å². The highest BCUT2D eigenvalue weighted by atomic mass is 35.5. The topological polar surface area (TPSA) is 57.0 Å². The third kappa shape index (κ3) is 5.78. The second-order valence-corrected chi connectivity index (χ2v) is 10.8. The molecule has 3 atom stereocenters. The number of aryl methyl sites for hydroxylation is 1. The molecular weight excluding hydrogens is 587 g/mol. The van der Waals surface area contributed by atoms with Gasteiger partial charge in [-0.05, 0) is 48.4 Å². The SMILES string of the molecule is Cn1cnc(C(=O)C2(CC(OCc3c(Cl)cccc3Cl)c3ccc(Cl)cc3Cl)C=CC(Cl)=CC2Cl)n1. The third-order valence-electron chi connectivity index (χ3n) is 5.89. The van der Waals surface area contributed by atoms with E-state index in [0.717, 1.165) is 0 Å². The minimum absolute atomic E-state index is 0.0225. The van der Waals surface area contributed by atoms with E-state index in [1.165, 1.54) is 11.0 Å². The Bertz CT molecular complexity index is 1340. The van der Waals surface area contributed by atoms with Gasteiger partial charge >= 0.3 is 0 Å². The molecule has 1 aliphatic carbocycles. The first-order chi connectivity index (χ1) is 17.1. The molecule has 4 rings (SSSR count). The zero-order valence-electron chi connectivity index (χ0n) is 18.8. The summed E-state index contributed by atoms with van der Waals surface area (Å²) in [6.45, 7) is 0.0570. The number of ether oxygens (including phenoxy) is 1. The Morgan fingerprint density at radius 2 is 1.83 bits per heavy atom. The fraction of sp³-hybridized carbons (Fsp3) is 0.240. The van der Waals surface area contributed by atoms with Crippen molar-refractivity contribution in [1.82, 2.24) is 14.8 Å². The van der Waals surface area contributed by atoms with Crippen molar-refractivity contribution in [2.45, 2.75) is 24.5 Å². The lowest BCUT2D eigenvalue weighted by Crippen LogP contribution is -2.41. The van der Waals surface area contributed by atoms with Crippen LogP contribution in [0.1, 0.15) is 34.3 Å². The number of alkyl halides is 1. The second kappa shape index (κ2) is 11.4. The van der Waals surface area contributed by atoms with Crippen LogP contribution in [0.4, 0.5) is 0 Å². The minimum atomic E-state index is -1.29. The van der Waals surface area contributed by atoms with Gasteiger partial charge in [0.1, 0.15) is 6.33 Å². The van der Waals surface area contributed by atoms with Gasteiger partial charge < -0.3 is 4.74 Å². The van der Waals surface area contributed by atoms with Crippen LogP contribution in [0.15, 0.2) is 66.0 Å². The predicted molar refractivity (Wildman–Crippen MR) is 146 cm³/mol. The molecule has 188 valence electrons. The molecule has 0 radical (unpaired) electrons. The Balaban J connectivity index is 1.77. The van der Waals surface area contributed by atoms with E-state index in [4.69, 9.17) is 74.3 Å². The van der Waals surface area contributed by atoms with Crippen LogP contribution in [0.2, 0.25) is 20.1 Å². The maximum Gasteiger partial charge on any atom is 0.218 e. The van der Waals surface area contributed by atoms with Gasteiger partial charge in [-0.2, -0.15) is 0 Å². The van der Waals surface area contributed by atoms with Gasteiger partial charge in [-0.3, -0.25) is 9.48 Å². The summed E-state index contributed by atoms with van der Waals surface area (Å²) in [4.78, 5) is 18.0. The summed E-state index contributed by atoms with van der Waals surface area (Å²) in [6.07, 6.45) is 5.74. The van der Waals surface area contributed by atoms with Crippen molar-refractivity contribution in [3.63, 3.8) is 0 Å². The highest BCUT2D eigenvalue weighted by molar-refractivity contribution is 6.36. The van der Waals surface area contributed by atoms with Gasteiger partial charge in [0.2, 0.25) is 11.6 Å². The molecule has 0 N–H and O–H groups in total. The van der Waals surface area contributed by atoms with E-state index in [-0.39, 0.29) is 24.6 Å². The van der Waals surface area contributed by atoms with Gasteiger partial charge in [0.15, 0.2) is 0 Å². The zero-order valence-corrected chi connectivity index (χ0v) is 23.3. The third-order valence-corrected chi connectivity index (χ3v) is 7.92. The summed E-state index contributed by atoms with van der Waals surface area (Å²) in [6, 6.07) is 10.2. The van der Waals surface area contributed by atoms with E-state index >= 15 is 0 Å². The molecule has 3 aromatic rings. The lowest BCUT2D eigenvalue weighted by Gasteiger charge is -2.37. The lowest BCUT2D eigenvalue weighted by molar-refractivity contribution is 0.0134. The molecule has 0 spiro atoms. The Morgan fingerprint density at radius 3 is 2.44 bits per heavy atom. The summed E-state index contributed by atoms with van der Waals surface area (Å²) in [5, 5.41) is 5.54. The largest absolute Gasteiger partial charge is 0.369 e. The molecule has 3 unspecified atom stereocenters. The van der Waals surface area contributed by atoms with Crippen molar-refractivity contribution < 1.29 is 9.53 Å². The summed E-state index contributed by atoms with van der Waals surface area (Å²) in [5.74, 6) is -0.358. The number of hydrogen-bond acceptors (Lipinski definition) is 4. The van der Waals surface area contributed by atoms with Gasteiger partial charge in [0, 0.05) is 37.7 Å². The number of nitrogens with zero attached hydrogens (tertiary/aromatic N) is 3. The fourth-order valence-electron chi connectivity index (χ4n) is 3.97. The van der Waals surface area contributed by atoms with E-state index in [1.54, 1.807) is 61.7 Å². The number of Topliss-reactive ketones (excluding diaryl/α,β-unsaturated/α-hetero) is 1. The first-order valence-electron chi connectivity index (χ1n) is 10.7. The molecule has 0 saturated heterocycles. The number of carbonyl (C=O) groups excluding carboxylic acids is 1. The Hall–Kier alpha value is -1.57. The molecule has 1 aliphatic rings. The Labute approximate surface area is 238 Å². The van der Waals surface area contributed by atoms with Gasteiger partial charge in [-0.1, -0.05) is 76.2 Å². The average molecular weight is 606 g/mol. The van der Waals surface area contributed by atoms with Crippen LogP contribution in [0, 0.1) is 5.41 Å². The molecule has 0 fully saturated rings. The minimum Gasteiger partial charge on any atom is -0.369 e. The van der Waals surface area contributed by atoms with Gasteiger partial charge in [0.05, 0.1) is 23.5 Å². The quantitative estimate of drug-likeness (QED) is 0.192. The summed E-state index contributed by atoms with van der Waals surface area (Å²) >= 11 is 38.5. The van der Waals surface area contributed by atoms with E-state index in [2.05, 4.69) is 10.1 Å². The van der Waals surface area contributed by atoms with E-state index in [0.29, 0.717) is 36.2 Å². The molecule has 1 heterocycles. The monoisotopic (exact) mass is 603 g/mol. The van der Waals surface area contributed by atoms with Crippen LogP contribution in [-0.2, 0) is 18.4 Å². The first-order valence-corrected chi connectivity index (χ1v) is 13.0. The number of rotatable bonds is 8. The Kier molecular flexibility index (Phi) is 8.73. The van der Waals surface area contributed by atoms with Crippen molar-refractivity contribution >= 4 is 75.4 Å². The van der Waals surface area contributed by atoms with Crippen LogP contribution in [0.5, 0.6) is 0 Å². The molecule has 0 aliphatic heterocycles. The number of allylic oxidation sites excluding steroid dienone is 4. The van der Waals surface area contributed by atoms with Gasteiger partial charge in [-0.25, -0.2) is 4.98 Å². The Morgan fingerprint density at radius 1 is 1.11 bits per heavy atom. The maximum absolute atomic E-state index is 13.8. The van der Waals surface area contributed by atoms with Gasteiger partial charge in [-0.15, -0.1) is 16.7 Å². The van der Waals surface area contributed by atoms with Crippen molar-refractivity contribution in [3.05, 3.63) is 103 Å². The van der Waals surface area contributed by atoms with Crippen LogP contribution in [0.25, 0.3) is 0 Å². The molecule has 0 saturated carbocycles. The smallest absolute Gasteiger partial charge is 0.218 e. The van der Waals surface area contributed by atoms with Crippen LogP contribution < -0.4 is 0 Å². The predicted octanol–water partition coefficient (Wildman–Crippen LogP) is 8.25. The first kappa shape index (κ1) is 27.5. The zero-order chi connectivity index (χ0) is 26.0. The standard InChI is InChI=1S/C25H19Cl6N3O2/c1-34-13-32-24(33-34)23(35)25(8-7-15(27)10-22(25)31)11-21(16-6-5-14(26)9-20(16)30)36-12-17-18(28)3-2-4-19(17)29/h2-10,13,21-22H,11-12H2,1H3. The van der Waals surface area contributed by atoms with Crippen LogP contribution in [-0.4, -0.2) is 25.9 Å². The molecular formula is C25H19Cl6N3O2.